The topological polar surface area (TPSA) is 79.5 Å². The summed E-state index contributed by atoms with van der Waals surface area (Å²) in [5.41, 5.74) is 0. The largest absolute Gasteiger partial charge is 0.481 e. The second-order valence-electron chi connectivity index (χ2n) is 4.74. The van der Waals surface area contributed by atoms with Crippen molar-refractivity contribution in [1.29, 1.82) is 0 Å². The van der Waals surface area contributed by atoms with Gasteiger partial charge in [0.1, 0.15) is 0 Å². The molecule has 1 aromatic rings. The minimum atomic E-state index is -0.681. The highest BCUT2D eigenvalue weighted by molar-refractivity contribution is 5.70. The molecule has 1 aliphatic heterocycles. The van der Waals surface area contributed by atoms with E-state index >= 15 is 0 Å². The molecule has 0 saturated carbocycles. The first-order chi connectivity index (χ1) is 8.69. The SMILES string of the molecule is CCCc1nc(CN2CCC(C(=O)O)CC2)no1. The van der Waals surface area contributed by atoms with Crippen molar-refractivity contribution in [2.24, 2.45) is 5.92 Å². The standard InChI is InChI=1S/C12H19N3O3/c1-2-3-11-13-10(14-18-11)8-15-6-4-9(5-7-15)12(16)17/h9H,2-8H2,1H3,(H,16,17). The van der Waals surface area contributed by atoms with Gasteiger partial charge in [-0.15, -0.1) is 0 Å². The molecule has 6 heteroatoms. The van der Waals surface area contributed by atoms with Crippen LogP contribution in [0.5, 0.6) is 0 Å². The van der Waals surface area contributed by atoms with Crippen molar-refractivity contribution in [2.45, 2.75) is 39.2 Å². The normalized spacial score (nSPS) is 18.1. The summed E-state index contributed by atoms with van der Waals surface area (Å²) in [4.78, 5) is 17.3. The Labute approximate surface area is 106 Å². The van der Waals surface area contributed by atoms with Gasteiger partial charge in [-0.3, -0.25) is 9.69 Å². The van der Waals surface area contributed by atoms with Gasteiger partial charge >= 0.3 is 5.97 Å². The highest BCUT2D eigenvalue weighted by atomic mass is 16.5. The van der Waals surface area contributed by atoms with E-state index in [9.17, 15) is 4.79 Å². The van der Waals surface area contributed by atoms with Gasteiger partial charge in [0.05, 0.1) is 12.5 Å². The molecule has 6 nitrogen and oxygen atoms in total. The van der Waals surface area contributed by atoms with Gasteiger partial charge in [-0.05, 0) is 32.4 Å². The number of aromatic nitrogens is 2. The molecule has 18 heavy (non-hydrogen) atoms. The van der Waals surface area contributed by atoms with Crippen LogP contribution in [0.15, 0.2) is 4.52 Å². The van der Waals surface area contributed by atoms with Gasteiger partial charge in [0, 0.05) is 6.42 Å². The number of aryl methyl sites for hydroxylation is 1. The van der Waals surface area contributed by atoms with Crippen molar-refractivity contribution in [2.75, 3.05) is 13.1 Å². The predicted molar refractivity (Wildman–Crippen MR) is 63.9 cm³/mol. The molecule has 1 aliphatic rings. The molecule has 1 aromatic heterocycles. The molecule has 0 amide bonds. The van der Waals surface area contributed by atoms with Gasteiger partial charge in [-0.25, -0.2) is 0 Å². The van der Waals surface area contributed by atoms with Gasteiger partial charge in [-0.2, -0.15) is 4.98 Å². The number of carboxylic acids is 1. The summed E-state index contributed by atoms with van der Waals surface area (Å²) < 4.78 is 5.12. The Balaban J connectivity index is 1.81. The summed E-state index contributed by atoms with van der Waals surface area (Å²) in [6.07, 6.45) is 3.21. The number of hydrogen-bond acceptors (Lipinski definition) is 5. The summed E-state index contributed by atoms with van der Waals surface area (Å²) in [5.74, 6) is 0.516. The fraction of sp³-hybridized carbons (Fsp3) is 0.750. The monoisotopic (exact) mass is 253 g/mol. The summed E-state index contributed by atoms with van der Waals surface area (Å²) in [5, 5.41) is 12.9. The number of hydrogen-bond donors (Lipinski definition) is 1. The van der Waals surface area contributed by atoms with Gasteiger partial charge in [-0.1, -0.05) is 12.1 Å². The Morgan fingerprint density at radius 3 is 2.83 bits per heavy atom. The molecule has 0 atom stereocenters. The molecule has 0 spiro atoms. The van der Waals surface area contributed by atoms with Crippen LogP contribution in [0.4, 0.5) is 0 Å². The third kappa shape index (κ3) is 3.29. The molecule has 0 radical (unpaired) electrons. The van der Waals surface area contributed by atoms with E-state index in [1.807, 2.05) is 0 Å². The lowest BCUT2D eigenvalue weighted by molar-refractivity contribution is -0.143. The first kappa shape index (κ1) is 13.0. The average Bonchev–Trinajstić information content (AvgIpc) is 2.78. The average molecular weight is 253 g/mol. The van der Waals surface area contributed by atoms with E-state index < -0.39 is 5.97 Å². The molecule has 2 rings (SSSR count). The maximum Gasteiger partial charge on any atom is 0.306 e. The van der Waals surface area contributed by atoms with Crippen molar-refractivity contribution < 1.29 is 14.4 Å². The van der Waals surface area contributed by atoms with E-state index in [0.717, 1.165) is 25.9 Å². The highest BCUT2D eigenvalue weighted by Gasteiger charge is 2.25. The second kappa shape index (κ2) is 5.95. The zero-order valence-corrected chi connectivity index (χ0v) is 10.6. The number of rotatable bonds is 5. The Bertz CT molecular complexity index is 397. The van der Waals surface area contributed by atoms with E-state index in [-0.39, 0.29) is 5.92 Å². The molecule has 0 unspecified atom stereocenters. The van der Waals surface area contributed by atoms with Crippen LogP contribution in [-0.4, -0.2) is 39.2 Å². The van der Waals surface area contributed by atoms with Crippen molar-refractivity contribution in [3.63, 3.8) is 0 Å². The quantitative estimate of drug-likeness (QED) is 0.852. The number of aliphatic carboxylic acids is 1. The number of likely N-dealkylation sites (tertiary alicyclic amines) is 1. The van der Waals surface area contributed by atoms with Crippen LogP contribution in [-0.2, 0) is 17.8 Å². The van der Waals surface area contributed by atoms with Crippen molar-refractivity contribution >= 4 is 5.97 Å². The number of carboxylic acid groups (broad SMARTS) is 1. The lowest BCUT2D eigenvalue weighted by Crippen LogP contribution is -2.36. The van der Waals surface area contributed by atoms with E-state index in [1.54, 1.807) is 0 Å². The molecule has 0 bridgehead atoms. The Morgan fingerprint density at radius 1 is 1.50 bits per heavy atom. The number of nitrogens with zero attached hydrogens (tertiary/aromatic N) is 3. The number of piperidine rings is 1. The first-order valence-electron chi connectivity index (χ1n) is 6.45. The van der Waals surface area contributed by atoms with E-state index in [1.165, 1.54) is 0 Å². The third-order valence-electron chi connectivity index (χ3n) is 3.28. The molecule has 1 N–H and O–H groups in total. The molecular weight excluding hydrogens is 234 g/mol. The lowest BCUT2D eigenvalue weighted by atomic mass is 9.97. The Morgan fingerprint density at radius 2 is 2.22 bits per heavy atom. The van der Waals surface area contributed by atoms with Crippen molar-refractivity contribution in [3.05, 3.63) is 11.7 Å². The van der Waals surface area contributed by atoms with Crippen LogP contribution in [0.25, 0.3) is 0 Å². The summed E-state index contributed by atoms with van der Waals surface area (Å²) >= 11 is 0. The molecule has 0 aliphatic carbocycles. The van der Waals surface area contributed by atoms with E-state index in [2.05, 4.69) is 22.0 Å². The van der Waals surface area contributed by atoms with Crippen LogP contribution in [0, 0.1) is 5.92 Å². The van der Waals surface area contributed by atoms with Gasteiger partial charge in [0.25, 0.3) is 0 Å². The molecule has 0 aromatic carbocycles. The first-order valence-corrected chi connectivity index (χ1v) is 6.45. The maximum absolute atomic E-state index is 10.8. The van der Waals surface area contributed by atoms with Crippen molar-refractivity contribution in [1.82, 2.24) is 15.0 Å². The third-order valence-corrected chi connectivity index (χ3v) is 3.28. The van der Waals surface area contributed by atoms with Crippen LogP contribution in [0.2, 0.25) is 0 Å². The van der Waals surface area contributed by atoms with Crippen LogP contribution in [0.3, 0.4) is 0 Å². The summed E-state index contributed by atoms with van der Waals surface area (Å²) in [6, 6.07) is 0. The van der Waals surface area contributed by atoms with Gasteiger partial charge in [0.2, 0.25) is 5.89 Å². The smallest absolute Gasteiger partial charge is 0.306 e. The molecule has 100 valence electrons. The van der Waals surface area contributed by atoms with Crippen LogP contribution in [0.1, 0.15) is 37.9 Å². The van der Waals surface area contributed by atoms with Gasteiger partial charge in [0.15, 0.2) is 5.82 Å². The van der Waals surface area contributed by atoms with Gasteiger partial charge < -0.3 is 9.63 Å². The minimum absolute atomic E-state index is 0.192. The van der Waals surface area contributed by atoms with Crippen LogP contribution >= 0.6 is 0 Å². The number of carbonyl (C=O) groups is 1. The highest BCUT2D eigenvalue weighted by Crippen LogP contribution is 2.18. The molecule has 1 fully saturated rings. The zero-order valence-electron chi connectivity index (χ0n) is 10.6. The minimum Gasteiger partial charge on any atom is -0.481 e. The van der Waals surface area contributed by atoms with E-state index in [0.29, 0.717) is 31.1 Å². The Hall–Kier alpha value is -1.43. The molecular formula is C12H19N3O3. The molecule has 1 saturated heterocycles. The lowest BCUT2D eigenvalue weighted by Gasteiger charge is -2.28. The van der Waals surface area contributed by atoms with Crippen molar-refractivity contribution in [3.8, 4) is 0 Å². The second-order valence-corrected chi connectivity index (χ2v) is 4.74. The predicted octanol–water partition coefficient (Wildman–Crippen LogP) is 1.32. The van der Waals surface area contributed by atoms with E-state index in [4.69, 9.17) is 9.63 Å². The fourth-order valence-electron chi connectivity index (χ4n) is 2.21. The maximum atomic E-state index is 10.8. The summed E-state index contributed by atoms with van der Waals surface area (Å²) in [7, 11) is 0. The zero-order chi connectivity index (χ0) is 13.0. The fourth-order valence-corrected chi connectivity index (χ4v) is 2.21. The Kier molecular flexibility index (Phi) is 4.30. The van der Waals surface area contributed by atoms with Crippen LogP contribution < -0.4 is 0 Å². The molecule has 2 heterocycles. The summed E-state index contributed by atoms with van der Waals surface area (Å²) in [6.45, 7) is 4.29.